The van der Waals surface area contributed by atoms with Crippen molar-refractivity contribution in [3.63, 3.8) is 0 Å². The molecule has 0 saturated carbocycles. The first-order chi connectivity index (χ1) is 8.40. The molecular weight excluding hydrogens is 226 g/mol. The fourth-order valence-electron chi connectivity index (χ4n) is 2.09. The lowest BCUT2D eigenvalue weighted by molar-refractivity contribution is -0.146. The van der Waals surface area contributed by atoms with Crippen molar-refractivity contribution < 1.29 is 9.90 Å². The number of hydrogen-bond acceptors (Lipinski definition) is 2. The van der Waals surface area contributed by atoms with Gasteiger partial charge in [-0.05, 0) is 44.9 Å². The molecule has 1 aromatic carbocycles. The van der Waals surface area contributed by atoms with Crippen LogP contribution >= 0.6 is 0 Å². The molecule has 0 aliphatic heterocycles. The van der Waals surface area contributed by atoms with E-state index in [1.54, 1.807) is 13.8 Å². The van der Waals surface area contributed by atoms with Gasteiger partial charge in [0.05, 0.1) is 10.9 Å². The Bertz CT molecular complexity index is 602. The third kappa shape index (κ3) is 2.35. The molecule has 0 aliphatic rings. The number of carboxylic acids is 1. The van der Waals surface area contributed by atoms with Gasteiger partial charge in [0.2, 0.25) is 0 Å². The molecule has 0 amide bonds. The highest BCUT2D eigenvalue weighted by molar-refractivity contribution is 5.83. The van der Waals surface area contributed by atoms with E-state index in [1.165, 1.54) is 0 Å². The summed E-state index contributed by atoms with van der Waals surface area (Å²) in [6.45, 7) is 5.43. The van der Waals surface area contributed by atoms with Crippen LogP contribution in [0.25, 0.3) is 10.9 Å². The zero-order chi connectivity index (χ0) is 13.3. The largest absolute Gasteiger partial charge is 0.481 e. The van der Waals surface area contributed by atoms with Gasteiger partial charge in [-0.3, -0.25) is 9.78 Å². The molecule has 0 unspecified atom stereocenters. The lowest BCUT2D eigenvalue weighted by Gasteiger charge is -2.20. The highest BCUT2D eigenvalue weighted by atomic mass is 16.4. The summed E-state index contributed by atoms with van der Waals surface area (Å²) in [5.41, 5.74) is 2.13. The Morgan fingerprint density at radius 1 is 1.33 bits per heavy atom. The molecule has 94 valence electrons. The fraction of sp³-hybridized carbons (Fsp3) is 0.333. The second-order valence-corrected chi connectivity index (χ2v) is 5.31. The minimum Gasteiger partial charge on any atom is -0.481 e. The Morgan fingerprint density at radius 3 is 2.67 bits per heavy atom. The number of aromatic nitrogens is 1. The normalized spacial score (nSPS) is 11.7. The average molecular weight is 243 g/mol. The summed E-state index contributed by atoms with van der Waals surface area (Å²) in [4.78, 5) is 15.7. The first-order valence-electron chi connectivity index (χ1n) is 5.99. The molecule has 0 aliphatic carbocycles. The van der Waals surface area contributed by atoms with Crippen molar-refractivity contribution in [2.75, 3.05) is 0 Å². The van der Waals surface area contributed by atoms with Gasteiger partial charge in [-0.25, -0.2) is 0 Å². The quantitative estimate of drug-likeness (QED) is 0.900. The molecule has 3 heteroatoms. The number of aryl methyl sites for hydroxylation is 1. The second-order valence-electron chi connectivity index (χ2n) is 5.31. The second kappa shape index (κ2) is 4.41. The molecule has 3 nitrogen and oxygen atoms in total. The number of carbonyl (C=O) groups is 1. The average Bonchev–Trinajstić information content (AvgIpc) is 2.28. The molecule has 0 spiro atoms. The van der Waals surface area contributed by atoms with Gasteiger partial charge < -0.3 is 5.11 Å². The zero-order valence-electron chi connectivity index (χ0n) is 10.9. The van der Waals surface area contributed by atoms with Gasteiger partial charge in [0.1, 0.15) is 0 Å². The summed E-state index contributed by atoms with van der Waals surface area (Å²) in [7, 11) is 0. The summed E-state index contributed by atoms with van der Waals surface area (Å²) in [5.74, 6) is -0.777. The predicted octanol–water partition coefficient (Wildman–Crippen LogP) is 3.20. The number of carboxylic acid groups (broad SMARTS) is 1. The maximum atomic E-state index is 11.2. The van der Waals surface area contributed by atoms with Crippen LogP contribution in [-0.2, 0) is 11.2 Å². The Hall–Kier alpha value is -1.90. The van der Waals surface area contributed by atoms with Crippen LogP contribution in [0, 0.1) is 12.3 Å². The lowest BCUT2D eigenvalue weighted by Crippen LogP contribution is -2.26. The van der Waals surface area contributed by atoms with Crippen molar-refractivity contribution in [2.24, 2.45) is 5.41 Å². The number of benzene rings is 1. The van der Waals surface area contributed by atoms with Crippen LogP contribution in [0.2, 0.25) is 0 Å². The summed E-state index contributed by atoms with van der Waals surface area (Å²) >= 11 is 0. The Morgan fingerprint density at radius 2 is 2.00 bits per heavy atom. The van der Waals surface area contributed by atoms with Crippen molar-refractivity contribution >= 4 is 16.9 Å². The van der Waals surface area contributed by atoms with Crippen molar-refractivity contribution in [1.29, 1.82) is 0 Å². The molecule has 2 aromatic rings. The SMILES string of the molecule is Cc1cc(CC(C)(C)C(=O)O)c2ccccc2n1. The monoisotopic (exact) mass is 243 g/mol. The van der Waals surface area contributed by atoms with E-state index in [9.17, 15) is 9.90 Å². The molecule has 0 radical (unpaired) electrons. The Balaban J connectivity index is 2.54. The van der Waals surface area contributed by atoms with Gasteiger partial charge in [-0.2, -0.15) is 0 Å². The van der Waals surface area contributed by atoms with E-state index >= 15 is 0 Å². The van der Waals surface area contributed by atoms with Crippen LogP contribution < -0.4 is 0 Å². The lowest BCUT2D eigenvalue weighted by atomic mass is 9.84. The predicted molar refractivity (Wildman–Crippen MR) is 71.6 cm³/mol. The first-order valence-corrected chi connectivity index (χ1v) is 5.99. The third-order valence-electron chi connectivity index (χ3n) is 3.14. The van der Waals surface area contributed by atoms with Gasteiger partial charge in [0.15, 0.2) is 0 Å². The minimum absolute atomic E-state index is 0.506. The highest BCUT2D eigenvalue weighted by Crippen LogP contribution is 2.27. The topological polar surface area (TPSA) is 50.2 Å². The maximum absolute atomic E-state index is 11.2. The number of aliphatic carboxylic acids is 1. The van der Waals surface area contributed by atoms with E-state index < -0.39 is 11.4 Å². The molecule has 2 rings (SSSR count). The smallest absolute Gasteiger partial charge is 0.309 e. The van der Waals surface area contributed by atoms with Gasteiger partial charge in [0, 0.05) is 11.1 Å². The Kier molecular flexibility index (Phi) is 3.07. The number of hydrogen-bond donors (Lipinski definition) is 1. The van der Waals surface area contributed by atoms with Crippen molar-refractivity contribution in [1.82, 2.24) is 4.98 Å². The Labute approximate surface area is 106 Å². The number of para-hydroxylation sites is 1. The summed E-state index contributed by atoms with van der Waals surface area (Å²) in [6.07, 6.45) is 0.506. The van der Waals surface area contributed by atoms with Crippen LogP contribution in [0.4, 0.5) is 0 Å². The van der Waals surface area contributed by atoms with E-state index in [4.69, 9.17) is 0 Å². The molecule has 1 aromatic heterocycles. The van der Waals surface area contributed by atoms with E-state index in [0.717, 1.165) is 22.2 Å². The maximum Gasteiger partial charge on any atom is 0.309 e. The molecular formula is C15H17NO2. The van der Waals surface area contributed by atoms with Crippen LogP contribution in [0.3, 0.4) is 0 Å². The first kappa shape index (κ1) is 12.6. The van der Waals surface area contributed by atoms with Crippen LogP contribution in [0.1, 0.15) is 25.1 Å². The highest BCUT2D eigenvalue weighted by Gasteiger charge is 2.28. The number of nitrogens with zero attached hydrogens (tertiary/aromatic N) is 1. The number of rotatable bonds is 3. The van der Waals surface area contributed by atoms with Gasteiger partial charge in [-0.15, -0.1) is 0 Å². The van der Waals surface area contributed by atoms with E-state index in [0.29, 0.717) is 6.42 Å². The molecule has 1 heterocycles. The minimum atomic E-state index is -0.777. The molecule has 0 atom stereocenters. The summed E-state index contributed by atoms with van der Waals surface area (Å²) in [6, 6.07) is 9.83. The van der Waals surface area contributed by atoms with Crippen LogP contribution in [-0.4, -0.2) is 16.1 Å². The number of fused-ring (bicyclic) bond motifs is 1. The summed E-state index contributed by atoms with van der Waals surface area (Å²) < 4.78 is 0. The standard InChI is InChI=1S/C15H17NO2/c1-10-8-11(9-15(2,3)14(17)18)12-6-4-5-7-13(12)16-10/h4-8H,9H2,1-3H3,(H,17,18). The van der Waals surface area contributed by atoms with Gasteiger partial charge >= 0.3 is 5.97 Å². The number of pyridine rings is 1. The molecule has 0 fully saturated rings. The molecule has 0 bridgehead atoms. The van der Waals surface area contributed by atoms with Crippen molar-refractivity contribution in [3.8, 4) is 0 Å². The van der Waals surface area contributed by atoms with E-state index in [1.807, 2.05) is 37.3 Å². The molecule has 1 N–H and O–H groups in total. The van der Waals surface area contributed by atoms with Gasteiger partial charge in [0.25, 0.3) is 0 Å². The van der Waals surface area contributed by atoms with Crippen molar-refractivity contribution in [2.45, 2.75) is 27.2 Å². The zero-order valence-corrected chi connectivity index (χ0v) is 10.9. The fourth-order valence-corrected chi connectivity index (χ4v) is 2.09. The van der Waals surface area contributed by atoms with Crippen LogP contribution in [0.5, 0.6) is 0 Å². The molecule has 0 saturated heterocycles. The summed E-state index contributed by atoms with van der Waals surface area (Å²) in [5, 5.41) is 10.3. The van der Waals surface area contributed by atoms with Crippen molar-refractivity contribution in [3.05, 3.63) is 41.6 Å². The third-order valence-corrected chi connectivity index (χ3v) is 3.14. The van der Waals surface area contributed by atoms with E-state index in [-0.39, 0.29) is 0 Å². The van der Waals surface area contributed by atoms with Gasteiger partial charge in [-0.1, -0.05) is 18.2 Å². The van der Waals surface area contributed by atoms with E-state index in [2.05, 4.69) is 4.98 Å². The van der Waals surface area contributed by atoms with Crippen LogP contribution in [0.15, 0.2) is 30.3 Å². The molecule has 18 heavy (non-hydrogen) atoms.